The molecule has 0 radical (unpaired) electrons. The maximum atomic E-state index is 5.46. The van der Waals surface area contributed by atoms with Crippen molar-refractivity contribution in [2.24, 2.45) is 11.8 Å². The molecular formula is C12H21N5S. The van der Waals surface area contributed by atoms with E-state index in [2.05, 4.69) is 34.1 Å². The molecule has 100 valence electrons. The van der Waals surface area contributed by atoms with Gasteiger partial charge in [-0.15, -0.1) is 0 Å². The van der Waals surface area contributed by atoms with Gasteiger partial charge in [-0.2, -0.15) is 0 Å². The molecule has 1 heterocycles. The lowest BCUT2D eigenvalue weighted by Crippen LogP contribution is -2.33. The number of nitrogen functional groups attached to an aromatic ring is 1. The molecule has 1 saturated carbocycles. The van der Waals surface area contributed by atoms with Crippen molar-refractivity contribution in [3.05, 3.63) is 6.07 Å². The molecule has 0 aliphatic heterocycles. The molecule has 0 spiro atoms. The summed E-state index contributed by atoms with van der Waals surface area (Å²) >= 11 is 1.53. The van der Waals surface area contributed by atoms with Crippen LogP contribution in [0.5, 0.6) is 0 Å². The van der Waals surface area contributed by atoms with Crippen LogP contribution in [0.25, 0.3) is 0 Å². The number of rotatable bonds is 6. The largest absolute Gasteiger partial charge is 0.354 e. The zero-order chi connectivity index (χ0) is 13.1. The molecule has 18 heavy (non-hydrogen) atoms. The second kappa shape index (κ2) is 5.75. The van der Waals surface area contributed by atoms with E-state index < -0.39 is 0 Å². The number of hydrogen-bond donors (Lipinski definition) is 2. The lowest BCUT2D eigenvalue weighted by Gasteiger charge is -2.28. The summed E-state index contributed by atoms with van der Waals surface area (Å²) in [5.74, 6) is 7.93. The van der Waals surface area contributed by atoms with Gasteiger partial charge in [0.05, 0.1) is 0 Å². The molecule has 0 saturated heterocycles. The number of hydrogen-bond acceptors (Lipinski definition) is 6. The van der Waals surface area contributed by atoms with Gasteiger partial charge in [-0.3, -0.25) is 0 Å². The van der Waals surface area contributed by atoms with Crippen LogP contribution in [0.2, 0.25) is 0 Å². The third kappa shape index (κ3) is 3.26. The SMILES string of the molecule is CSc1nc(NN)cc(N(CC2CC2)C(C)C)n1. The molecule has 1 aliphatic rings. The van der Waals surface area contributed by atoms with Crippen LogP contribution in [-0.2, 0) is 0 Å². The summed E-state index contributed by atoms with van der Waals surface area (Å²) in [6, 6.07) is 2.35. The highest BCUT2D eigenvalue weighted by atomic mass is 32.2. The zero-order valence-corrected chi connectivity index (χ0v) is 12.0. The van der Waals surface area contributed by atoms with Crippen molar-refractivity contribution in [1.29, 1.82) is 0 Å². The standard InChI is InChI=1S/C12H21N5S/c1-8(2)17(7-9-4-5-9)11-6-10(16-13)14-12(15-11)18-3/h6,8-9H,4-5,7,13H2,1-3H3,(H,14,15,16). The molecule has 2 rings (SSSR count). The Morgan fingerprint density at radius 2 is 2.22 bits per heavy atom. The summed E-state index contributed by atoms with van der Waals surface area (Å²) in [6.07, 6.45) is 4.65. The summed E-state index contributed by atoms with van der Waals surface area (Å²) < 4.78 is 0. The number of anilines is 2. The van der Waals surface area contributed by atoms with Crippen LogP contribution in [0.15, 0.2) is 11.2 Å². The summed E-state index contributed by atoms with van der Waals surface area (Å²) in [6.45, 7) is 5.46. The molecule has 5 nitrogen and oxygen atoms in total. The molecule has 0 atom stereocenters. The zero-order valence-electron chi connectivity index (χ0n) is 11.2. The van der Waals surface area contributed by atoms with E-state index >= 15 is 0 Å². The van der Waals surface area contributed by atoms with Gasteiger partial charge < -0.3 is 10.3 Å². The average molecular weight is 267 g/mol. The predicted molar refractivity (Wildman–Crippen MR) is 76.8 cm³/mol. The predicted octanol–water partition coefficient (Wildman–Crippen LogP) is 2.11. The number of nitrogens with zero attached hydrogens (tertiary/aromatic N) is 3. The summed E-state index contributed by atoms with van der Waals surface area (Å²) in [5.41, 5.74) is 2.61. The Labute approximate surface area is 113 Å². The van der Waals surface area contributed by atoms with Crippen LogP contribution in [0, 0.1) is 5.92 Å². The summed E-state index contributed by atoms with van der Waals surface area (Å²) in [4.78, 5) is 11.2. The first-order chi connectivity index (χ1) is 8.63. The number of thioether (sulfide) groups is 1. The Morgan fingerprint density at radius 1 is 1.50 bits per heavy atom. The molecule has 0 unspecified atom stereocenters. The molecular weight excluding hydrogens is 246 g/mol. The molecule has 1 fully saturated rings. The van der Waals surface area contributed by atoms with Gasteiger partial charge in [0.15, 0.2) is 5.16 Å². The second-order valence-electron chi connectivity index (χ2n) is 4.93. The van der Waals surface area contributed by atoms with Gasteiger partial charge in [-0.1, -0.05) is 11.8 Å². The fourth-order valence-corrected chi connectivity index (χ4v) is 2.25. The Balaban J connectivity index is 2.26. The number of nitrogens with one attached hydrogen (secondary N) is 1. The van der Waals surface area contributed by atoms with Crippen molar-refractivity contribution >= 4 is 23.4 Å². The number of hydrazine groups is 1. The minimum atomic E-state index is 0.431. The highest BCUT2D eigenvalue weighted by Gasteiger charge is 2.26. The third-order valence-corrected chi connectivity index (χ3v) is 3.64. The van der Waals surface area contributed by atoms with Crippen molar-refractivity contribution in [1.82, 2.24) is 9.97 Å². The van der Waals surface area contributed by atoms with Gasteiger partial charge in [0.25, 0.3) is 0 Å². The van der Waals surface area contributed by atoms with Crippen LogP contribution in [0.4, 0.5) is 11.6 Å². The first-order valence-electron chi connectivity index (χ1n) is 6.30. The van der Waals surface area contributed by atoms with E-state index in [0.29, 0.717) is 11.9 Å². The van der Waals surface area contributed by atoms with E-state index in [0.717, 1.165) is 23.4 Å². The molecule has 1 aliphatic carbocycles. The minimum absolute atomic E-state index is 0.431. The highest BCUT2D eigenvalue weighted by Crippen LogP contribution is 2.32. The lowest BCUT2D eigenvalue weighted by molar-refractivity contribution is 0.632. The van der Waals surface area contributed by atoms with Gasteiger partial charge in [-0.05, 0) is 38.9 Å². The summed E-state index contributed by atoms with van der Waals surface area (Å²) in [5, 5.41) is 0.752. The lowest BCUT2D eigenvalue weighted by atomic mass is 10.2. The van der Waals surface area contributed by atoms with Crippen molar-refractivity contribution in [3.63, 3.8) is 0 Å². The quantitative estimate of drug-likeness (QED) is 0.356. The van der Waals surface area contributed by atoms with E-state index in [1.807, 2.05) is 12.3 Å². The van der Waals surface area contributed by atoms with Crippen LogP contribution in [0.1, 0.15) is 26.7 Å². The highest BCUT2D eigenvalue weighted by molar-refractivity contribution is 7.98. The van der Waals surface area contributed by atoms with Crippen molar-refractivity contribution in [2.45, 2.75) is 37.9 Å². The second-order valence-corrected chi connectivity index (χ2v) is 5.71. The van der Waals surface area contributed by atoms with Crippen LogP contribution >= 0.6 is 11.8 Å². The molecule has 1 aromatic heterocycles. The fraction of sp³-hybridized carbons (Fsp3) is 0.667. The van der Waals surface area contributed by atoms with E-state index in [4.69, 9.17) is 5.84 Å². The topological polar surface area (TPSA) is 67.1 Å². The normalized spacial score (nSPS) is 14.9. The van der Waals surface area contributed by atoms with E-state index in [1.165, 1.54) is 24.6 Å². The molecule has 0 aromatic carbocycles. The Hall–Kier alpha value is -1.01. The van der Waals surface area contributed by atoms with Crippen LogP contribution in [0.3, 0.4) is 0 Å². The van der Waals surface area contributed by atoms with Gasteiger partial charge in [0.2, 0.25) is 0 Å². The van der Waals surface area contributed by atoms with Crippen molar-refractivity contribution in [2.75, 3.05) is 23.1 Å². The van der Waals surface area contributed by atoms with E-state index in [-0.39, 0.29) is 0 Å². The molecule has 0 bridgehead atoms. The van der Waals surface area contributed by atoms with Crippen LogP contribution < -0.4 is 16.2 Å². The van der Waals surface area contributed by atoms with Crippen LogP contribution in [-0.4, -0.2) is 28.8 Å². The first-order valence-corrected chi connectivity index (χ1v) is 7.53. The Bertz CT molecular complexity index is 383. The Morgan fingerprint density at radius 3 is 2.72 bits per heavy atom. The van der Waals surface area contributed by atoms with Gasteiger partial charge in [0.1, 0.15) is 11.6 Å². The molecule has 0 amide bonds. The monoisotopic (exact) mass is 267 g/mol. The first kappa shape index (κ1) is 13.4. The maximum Gasteiger partial charge on any atom is 0.191 e. The number of nitrogens with two attached hydrogens (primary N) is 1. The third-order valence-electron chi connectivity index (χ3n) is 3.09. The van der Waals surface area contributed by atoms with Gasteiger partial charge >= 0.3 is 0 Å². The molecule has 1 aromatic rings. The van der Waals surface area contributed by atoms with Crippen molar-refractivity contribution < 1.29 is 0 Å². The average Bonchev–Trinajstić information content (AvgIpc) is 3.18. The van der Waals surface area contributed by atoms with Gasteiger partial charge in [0, 0.05) is 18.7 Å². The smallest absolute Gasteiger partial charge is 0.191 e. The molecule has 6 heteroatoms. The minimum Gasteiger partial charge on any atom is -0.354 e. The van der Waals surface area contributed by atoms with E-state index in [9.17, 15) is 0 Å². The fourth-order valence-electron chi connectivity index (χ4n) is 1.87. The maximum absolute atomic E-state index is 5.46. The van der Waals surface area contributed by atoms with Gasteiger partial charge in [-0.25, -0.2) is 15.8 Å². The van der Waals surface area contributed by atoms with Crippen molar-refractivity contribution in [3.8, 4) is 0 Å². The Kier molecular flexibility index (Phi) is 4.29. The van der Waals surface area contributed by atoms with E-state index in [1.54, 1.807) is 0 Å². The molecule has 3 N–H and O–H groups in total. The number of aromatic nitrogens is 2. The summed E-state index contributed by atoms with van der Waals surface area (Å²) in [7, 11) is 0.